The summed E-state index contributed by atoms with van der Waals surface area (Å²) < 4.78 is 10.3. The zero-order valence-electron chi connectivity index (χ0n) is 19.4. The summed E-state index contributed by atoms with van der Waals surface area (Å²) in [7, 11) is 0. The fourth-order valence-electron chi connectivity index (χ4n) is 3.70. The molecular formula is C23H35N3O6. The third-order valence-corrected chi connectivity index (χ3v) is 5.13. The van der Waals surface area contributed by atoms with Crippen molar-refractivity contribution in [2.45, 2.75) is 58.2 Å². The molecule has 32 heavy (non-hydrogen) atoms. The highest BCUT2D eigenvalue weighted by Gasteiger charge is 2.35. The zero-order valence-corrected chi connectivity index (χ0v) is 19.4. The number of benzene rings is 1. The first-order valence-corrected chi connectivity index (χ1v) is 11.0. The summed E-state index contributed by atoms with van der Waals surface area (Å²) in [6, 6.07) is 7.98. The molecule has 0 spiro atoms. The lowest BCUT2D eigenvalue weighted by molar-refractivity contribution is -0.141. The first-order valence-electron chi connectivity index (χ1n) is 11.0. The van der Waals surface area contributed by atoms with Gasteiger partial charge in [-0.2, -0.15) is 0 Å². The van der Waals surface area contributed by atoms with Crippen molar-refractivity contribution in [2.24, 2.45) is 0 Å². The molecule has 0 radical (unpaired) electrons. The molecule has 9 heteroatoms. The standard InChI is InChI=1S/C23H35N3O6/c1-5-31-20(28)15-24-21(29)26(19(16-27)17-9-7-6-8-10-17)18-11-13-25(14-12-18)22(30)32-23(2,3)4/h6-10,18-19,27H,5,11-16H2,1-4H3,(H,24,29). The van der Waals surface area contributed by atoms with Gasteiger partial charge in [-0.1, -0.05) is 30.3 Å². The van der Waals surface area contributed by atoms with E-state index < -0.39 is 23.6 Å². The van der Waals surface area contributed by atoms with Gasteiger partial charge in [-0.25, -0.2) is 9.59 Å². The van der Waals surface area contributed by atoms with Gasteiger partial charge < -0.3 is 29.7 Å². The van der Waals surface area contributed by atoms with E-state index in [4.69, 9.17) is 9.47 Å². The largest absolute Gasteiger partial charge is 0.465 e. The smallest absolute Gasteiger partial charge is 0.410 e. The Morgan fingerprint density at radius 3 is 2.34 bits per heavy atom. The quantitative estimate of drug-likeness (QED) is 0.620. The Kier molecular flexibility index (Phi) is 9.31. The molecule has 1 aromatic rings. The highest BCUT2D eigenvalue weighted by Crippen LogP contribution is 2.28. The van der Waals surface area contributed by atoms with Gasteiger partial charge in [0.1, 0.15) is 12.1 Å². The molecule has 1 saturated heterocycles. The van der Waals surface area contributed by atoms with Crippen molar-refractivity contribution in [2.75, 3.05) is 32.8 Å². The number of piperidine rings is 1. The lowest BCUT2D eigenvalue weighted by atomic mass is 9.98. The molecular weight excluding hydrogens is 414 g/mol. The number of esters is 1. The monoisotopic (exact) mass is 449 g/mol. The second-order valence-corrected chi connectivity index (χ2v) is 8.68. The number of hydrogen-bond donors (Lipinski definition) is 2. The van der Waals surface area contributed by atoms with Gasteiger partial charge in [0.25, 0.3) is 0 Å². The molecule has 9 nitrogen and oxygen atoms in total. The molecule has 2 N–H and O–H groups in total. The molecule has 0 saturated carbocycles. The minimum Gasteiger partial charge on any atom is -0.465 e. The molecule has 1 heterocycles. The maximum Gasteiger partial charge on any atom is 0.410 e. The molecule has 1 aliphatic rings. The highest BCUT2D eigenvalue weighted by molar-refractivity contribution is 5.81. The number of carbonyl (C=O) groups excluding carboxylic acids is 3. The molecule has 0 bridgehead atoms. The average molecular weight is 450 g/mol. The Bertz CT molecular complexity index is 757. The van der Waals surface area contributed by atoms with Crippen LogP contribution in [0, 0.1) is 0 Å². The van der Waals surface area contributed by atoms with Gasteiger partial charge in [0.2, 0.25) is 0 Å². The van der Waals surface area contributed by atoms with Crippen LogP contribution in [0.1, 0.15) is 52.1 Å². The van der Waals surface area contributed by atoms with Crippen molar-refractivity contribution in [3.8, 4) is 0 Å². The van der Waals surface area contributed by atoms with E-state index in [1.165, 1.54) is 0 Å². The summed E-state index contributed by atoms with van der Waals surface area (Å²) in [6.45, 7) is 7.70. The predicted octanol–water partition coefficient (Wildman–Crippen LogP) is 2.69. The van der Waals surface area contributed by atoms with E-state index in [1.807, 2.05) is 51.1 Å². The molecule has 1 aromatic carbocycles. The number of nitrogens with one attached hydrogen (secondary N) is 1. The van der Waals surface area contributed by atoms with E-state index in [1.54, 1.807) is 16.7 Å². The summed E-state index contributed by atoms with van der Waals surface area (Å²) in [5.74, 6) is -0.527. The Morgan fingerprint density at radius 2 is 1.81 bits per heavy atom. The fraction of sp³-hybridized carbons (Fsp3) is 0.609. The first kappa shape index (κ1) is 25.5. The number of rotatable bonds is 7. The average Bonchev–Trinajstić information content (AvgIpc) is 2.75. The maximum atomic E-state index is 13.1. The predicted molar refractivity (Wildman–Crippen MR) is 119 cm³/mol. The Morgan fingerprint density at radius 1 is 1.19 bits per heavy atom. The van der Waals surface area contributed by atoms with Crippen molar-refractivity contribution < 1.29 is 29.0 Å². The minimum atomic E-state index is -0.587. The van der Waals surface area contributed by atoms with E-state index in [0.29, 0.717) is 25.9 Å². The summed E-state index contributed by atoms with van der Waals surface area (Å²) in [4.78, 5) is 40.5. The summed E-state index contributed by atoms with van der Waals surface area (Å²) >= 11 is 0. The van der Waals surface area contributed by atoms with Gasteiger partial charge in [0.15, 0.2) is 0 Å². The van der Waals surface area contributed by atoms with Crippen LogP contribution in [-0.2, 0) is 14.3 Å². The van der Waals surface area contributed by atoms with Crippen LogP contribution in [0.3, 0.4) is 0 Å². The number of carbonyl (C=O) groups is 3. The molecule has 1 unspecified atom stereocenters. The Hall–Kier alpha value is -2.81. The van der Waals surface area contributed by atoms with Gasteiger partial charge >= 0.3 is 18.1 Å². The normalized spacial score (nSPS) is 15.6. The fourth-order valence-corrected chi connectivity index (χ4v) is 3.70. The maximum absolute atomic E-state index is 13.1. The SMILES string of the molecule is CCOC(=O)CNC(=O)N(C1CCN(C(=O)OC(C)(C)C)CC1)C(CO)c1ccccc1. The van der Waals surface area contributed by atoms with Crippen LogP contribution in [0.25, 0.3) is 0 Å². The van der Waals surface area contributed by atoms with Crippen LogP contribution in [0.4, 0.5) is 9.59 Å². The second-order valence-electron chi connectivity index (χ2n) is 8.68. The van der Waals surface area contributed by atoms with E-state index in [9.17, 15) is 19.5 Å². The Labute approximate surface area is 189 Å². The van der Waals surface area contributed by atoms with Crippen LogP contribution >= 0.6 is 0 Å². The first-order chi connectivity index (χ1) is 15.2. The van der Waals surface area contributed by atoms with Crippen molar-refractivity contribution >= 4 is 18.1 Å². The third-order valence-electron chi connectivity index (χ3n) is 5.13. The zero-order chi connectivity index (χ0) is 23.7. The molecule has 2 rings (SSSR count). The van der Waals surface area contributed by atoms with Crippen molar-refractivity contribution in [1.29, 1.82) is 0 Å². The number of amides is 3. The number of ether oxygens (including phenoxy) is 2. The van der Waals surface area contributed by atoms with Gasteiger partial charge in [0, 0.05) is 19.1 Å². The lowest BCUT2D eigenvalue weighted by Crippen LogP contribution is -2.54. The molecule has 1 aliphatic heterocycles. The molecule has 178 valence electrons. The van der Waals surface area contributed by atoms with Crippen molar-refractivity contribution in [3.63, 3.8) is 0 Å². The van der Waals surface area contributed by atoms with Gasteiger partial charge in [-0.3, -0.25) is 4.79 Å². The molecule has 1 fully saturated rings. The second kappa shape index (κ2) is 11.7. The lowest BCUT2D eigenvalue weighted by Gasteiger charge is -2.42. The van der Waals surface area contributed by atoms with Gasteiger partial charge in [-0.05, 0) is 46.1 Å². The molecule has 0 aliphatic carbocycles. The molecule has 3 amide bonds. The number of aliphatic hydroxyl groups excluding tert-OH is 1. The highest BCUT2D eigenvalue weighted by atomic mass is 16.6. The van der Waals surface area contributed by atoms with Gasteiger partial charge in [-0.15, -0.1) is 0 Å². The van der Waals surface area contributed by atoms with Crippen LogP contribution in [0.15, 0.2) is 30.3 Å². The van der Waals surface area contributed by atoms with Crippen LogP contribution < -0.4 is 5.32 Å². The number of hydrogen-bond acceptors (Lipinski definition) is 6. The van der Waals surface area contributed by atoms with Crippen LogP contribution in [0.5, 0.6) is 0 Å². The van der Waals surface area contributed by atoms with Crippen molar-refractivity contribution in [3.05, 3.63) is 35.9 Å². The number of nitrogens with zero attached hydrogens (tertiary/aromatic N) is 2. The number of aliphatic hydroxyl groups is 1. The van der Waals surface area contributed by atoms with E-state index >= 15 is 0 Å². The van der Waals surface area contributed by atoms with E-state index in [-0.39, 0.29) is 31.9 Å². The van der Waals surface area contributed by atoms with Crippen molar-refractivity contribution in [1.82, 2.24) is 15.1 Å². The third kappa shape index (κ3) is 7.40. The topological polar surface area (TPSA) is 108 Å². The minimum absolute atomic E-state index is 0.227. The molecule has 1 atom stereocenters. The van der Waals surface area contributed by atoms with Gasteiger partial charge in [0.05, 0.1) is 19.3 Å². The van der Waals surface area contributed by atoms with E-state index in [2.05, 4.69) is 5.32 Å². The number of urea groups is 1. The van der Waals surface area contributed by atoms with E-state index in [0.717, 1.165) is 5.56 Å². The summed E-state index contributed by atoms with van der Waals surface area (Å²) in [6.07, 6.45) is 0.668. The Balaban J connectivity index is 2.15. The number of likely N-dealkylation sites (tertiary alicyclic amines) is 1. The van der Waals surface area contributed by atoms with Crippen LogP contribution in [0.2, 0.25) is 0 Å². The van der Waals surface area contributed by atoms with Crippen LogP contribution in [-0.4, -0.2) is 77.5 Å². The molecule has 0 aromatic heterocycles. The summed E-state index contributed by atoms with van der Waals surface area (Å²) in [5, 5.41) is 12.8. The summed E-state index contributed by atoms with van der Waals surface area (Å²) in [5.41, 5.74) is 0.207.